The number of carbonyl (C=O) groups is 2. The van der Waals surface area contributed by atoms with Crippen LogP contribution in [0.4, 0.5) is 10.5 Å². The van der Waals surface area contributed by atoms with Crippen LogP contribution < -0.4 is 17.2 Å². The summed E-state index contributed by atoms with van der Waals surface area (Å²) in [6.07, 6.45) is 2.35. The molecule has 13 heteroatoms. The fraction of sp³-hybridized carbons (Fsp3) is 0.516. The van der Waals surface area contributed by atoms with Crippen molar-refractivity contribution in [3.05, 3.63) is 61.4 Å². The molecule has 2 fully saturated rings. The Kier molecular flexibility index (Phi) is 10.2. The van der Waals surface area contributed by atoms with Gasteiger partial charge in [0, 0.05) is 73.6 Å². The van der Waals surface area contributed by atoms with Gasteiger partial charge in [-0.25, -0.2) is 14.1 Å². The molecule has 2 aliphatic rings. The number of fused-ring (bicyclic) bond motifs is 1. The number of carbonyl (C=O) groups excluding carboxylic acids is 2. The molecule has 3 heterocycles. The number of nitrogen functional groups attached to an aromatic ring is 1. The van der Waals surface area contributed by atoms with Crippen LogP contribution in [0.15, 0.2) is 50.1 Å². The van der Waals surface area contributed by atoms with Gasteiger partial charge in [0.2, 0.25) is 0 Å². The van der Waals surface area contributed by atoms with Crippen LogP contribution in [0.3, 0.4) is 0 Å². The molecule has 2 atom stereocenters. The predicted octanol–water partition coefficient (Wildman–Crippen LogP) is 3.37. The van der Waals surface area contributed by atoms with E-state index in [0.717, 1.165) is 64.7 Å². The van der Waals surface area contributed by atoms with E-state index in [0.29, 0.717) is 44.6 Å². The van der Waals surface area contributed by atoms with Crippen molar-refractivity contribution in [3.63, 3.8) is 0 Å². The van der Waals surface area contributed by atoms with Crippen molar-refractivity contribution in [2.45, 2.75) is 37.8 Å². The minimum absolute atomic E-state index is 0.0184. The van der Waals surface area contributed by atoms with Crippen LogP contribution in [0.1, 0.15) is 30.9 Å². The van der Waals surface area contributed by atoms with Crippen LogP contribution in [-0.4, -0.2) is 113 Å². The number of aromatic amines is 1. The summed E-state index contributed by atoms with van der Waals surface area (Å²) < 4.78 is 3.15. The standard InChI is InChI=1S/C31H42Br2N8O3/c1-37-13-15-38(16-14-37)10-5-17-41(2,27(29(35)42)20-21-18-23(32)28(34)24(33)19-21)31(44)39-11-8-22(9-12-39)40-26-7-4-3-6-25(26)36-30(40)43/h3-4,6-7,18-19,22,27H,5,8-17,20,34H2,1-2H3,(H2-,35,36,42,43)/p+1/t27-,41?/m1/s1. The van der Waals surface area contributed by atoms with Gasteiger partial charge in [0.1, 0.15) is 0 Å². The molecule has 0 spiro atoms. The molecule has 5 N–H and O–H groups in total. The topological polar surface area (TPSA) is 134 Å². The van der Waals surface area contributed by atoms with E-state index in [4.69, 9.17) is 11.5 Å². The highest BCUT2D eigenvalue weighted by molar-refractivity contribution is 9.11. The maximum atomic E-state index is 14.5. The molecule has 2 aromatic carbocycles. The van der Waals surface area contributed by atoms with E-state index in [9.17, 15) is 14.4 Å². The molecule has 5 rings (SSSR count). The van der Waals surface area contributed by atoms with Gasteiger partial charge in [0.25, 0.3) is 5.91 Å². The zero-order valence-electron chi connectivity index (χ0n) is 25.5. The lowest BCUT2D eigenvalue weighted by Crippen LogP contribution is -2.66. The summed E-state index contributed by atoms with van der Waals surface area (Å²) >= 11 is 7.02. The molecule has 2 saturated heterocycles. The number of likely N-dealkylation sites (N-methyl/N-ethyl adjacent to an activating group) is 2. The normalized spacial score (nSPS) is 19.2. The van der Waals surface area contributed by atoms with Crippen molar-refractivity contribution >= 4 is 60.5 Å². The van der Waals surface area contributed by atoms with E-state index in [1.165, 1.54) is 0 Å². The summed E-state index contributed by atoms with van der Waals surface area (Å²) in [6.45, 7) is 6.33. The van der Waals surface area contributed by atoms with Gasteiger partial charge < -0.3 is 26.3 Å². The monoisotopic (exact) mass is 733 g/mol. The smallest absolute Gasteiger partial charge is 0.397 e. The molecule has 3 aromatic rings. The van der Waals surface area contributed by atoms with Gasteiger partial charge in [-0.05, 0) is 81.6 Å². The number of nitrogens with one attached hydrogen (secondary N) is 1. The number of halogens is 2. The molecular weight excluding hydrogens is 692 g/mol. The molecule has 44 heavy (non-hydrogen) atoms. The number of benzene rings is 2. The number of amides is 3. The van der Waals surface area contributed by atoms with E-state index < -0.39 is 11.9 Å². The van der Waals surface area contributed by atoms with E-state index in [-0.39, 0.29) is 22.2 Å². The Labute approximate surface area is 275 Å². The van der Waals surface area contributed by atoms with Gasteiger partial charge in [-0.1, -0.05) is 12.1 Å². The first-order valence-electron chi connectivity index (χ1n) is 15.3. The minimum atomic E-state index is -0.772. The fourth-order valence-electron chi connectivity index (χ4n) is 6.72. The summed E-state index contributed by atoms with van der Waals surface area (Å²) in [6, 6.07) is 10.6. The molecular formula is C31H43Br2N8O3+. The maximum absolute atomic E-state index is 14.5. The van der Waals surface area contributed by atoms with Gasteiger partial charge in [0.05, 0.1) is 30.3 Å². The van der Waals surface area contributed by atoms with Crippen LogP contribution in [0.2, 0.25) is 0 Å². The number of quaternary nitrogens is 1. The van der Waals surface area contributed by atoms with Crippen LogP contribution >= 0.6 is 31.9 Å². The Morgan fingerprint density at radius 1 is 1.05 bits per heavy atom. The van der Waals surface area contributed by atoms with Crippen LogP contribution in [0.25, 0.3) is 11.0 Å². The molecule has 11 nitrogen and oxygen atoms in total. The molecule has 0 radical (unpaired) electrons. The van der Waals surface area contributed by atoms with Gasteiger partial charge in [-0.2, -0.15) is 0 Å². The summed E-state index contributed by atoms with van der Waals surface area (Å²) in [5, 5.41) is 0. The van der Waals surface area contributed by atoms with Crippen LogP contribution in [0.5, 0.6) is 0 Å². The number of piperidine rings is 1. The molecule has 1 aromatic heterocycles. The molecule has 0 bridgehead atoms. The first-order valence-corrected chi connectivity index (χ1v) is 16.8. The van der Waals surface area contributed by atoms with Crippen molar-refractivity contribution in [2.75, 3.05) is 72.2 Å². The van der Waals surface area contributed by atoms with Crippen molar-refractivity contribution in [1.29, 1.82) is 0 Å². The van der Waals surface area contributed by atoms with Gasteiger partial charge in [-0.3, -0.25) is 14.3 Å². The number of nitrogens with two attached hydrogens (primary N) is 2. The van der Waals surface area contributed by atoms with E-state index in [1.54, 1.807) is 0 Å². The SMILES string of the molecule is CN1CCN(CCC[N+](C)(C(=O)N2CCC(n3c(=O)[nH]c4ccccc43)CC2)[C@H](Cc2cc(Br)c(N)c(Br)c2)C(N)=O)CC1. The predicted molar refractivity (Wildman–Crippen MR) is 180 cm³/mol. The van der Waals surface area contributed by atoms with E-state index in [1.807, 2.05) is 52.9 Å². The number of primary amides is 1. The molecule has 0 aliphatic carbocycles. The average molecular weight is 736 g/mol. The second-order valence-electron chi connectivity index (χ2n) is 12.4. The summed E-state index contributed by atoms with van der Waals surface area (Å²) in [4.78, 5) is 50.1. The molecule has 1 unspecified atom stereocenters. The summed E-state index contributed by atoms with van der Waals surface area (Å²) in [5.74, 6) is -0.509. The van der Waals surface area contributed by atoms with Crippen molar-refractivity contribution in [2.24, 2.45) is 5.73 Å². The highest BCUT2D eigenvalue weighted by Gasteiger charge is 2.47. The Morgan fingerprint density at radius 2 is 1.68 bits per heavy atom. The Balaban J connectivity index is 1.36. The highest BCUT2D eigenvalue weighted by atomic mass is 79.9. The number of hydrogen-bond donors (Lipinski definition) is 3. The Bertz CT molecular complexity index is 1540. The van der Waals surface area contributed by atoms with Crippen molar-refractivity contribution in [3.8, 4) is 0 Å². The Morgan fingerprint density at radius 3 is 2.32 bits per heavy atom. The third-order valence-corrected chi connectivity index (χ3v) is 10.8. The maximum Gasteiger partial charge on any atom is 0.419 e. The zero-order chi connectivity index (χ0) is 31.6. The second-order valence-corrected chi connectivity index (χ2v) is 14.1. The van der Waals surface area contributed by atoms with Crippen LogP contribution in [-0.2, 0) is 11.2 Å². The summed E-state index contributed by atoms with van der Waals surface area (Å²) in [7, 11) is 3.99. The van der Waals surface area contributed by atoms with Gasteiger partial charge in [-0.15, -0.1) is 0 Å². The third-order valence-electron chi connectivity index (χ3n) is 9.44. The number of piperazine rings is 1. The first kappa shape index (κ1) is 32.7. The number of imidazole rings is 1. The summed E-state index contributed by atoms with van der Waals surface area (Å²) in [5.41, 5.74) is 15.2. The second kappa shape index (κ2) is 13.7. The third kappa shape index (κ3) is 6.91. The van der Waals surface area contributed by atoms with E-state index in [2.05, 4.69) is 53.7 Å². The molecule has 3 amide bonds. The first-order chi connectivity index (χ1) is 21.0. The quantitative estimate of drug-likeness (QED) is 0.228. The lowest BCUT2D eigenvalue weighted by molar-refractivity contribution is -0.850. The number of likely N-dealkylation sites (tertiary alicyclic amines) is 1. The van der Waals surface area contributed by atoms with Gasteiger partial charge in [0.15, 0.2) is 6.04 Å². The number of aromatic nitrogens is 2. The minimum Gasteiger partial charge on any atom is -0.397 e. The molecule has 2 aliphatic heterocycles. The largest absolute Gasteiger partial charge is 0.419 e. The zero-order valence-corrected chi connectivity index (χ0v) is 28.6. The highest BCUT2D eigenvalue weighted by Crippen LogP contribution is 2.32. The number of H-pyrrole nitrogens is 1. The van der Waals surface area contributed by atoms with Crippen LogP contribution in [0, 0.1) is 0 Å². The molecule has 238 valence electrons. The van der Waals surface area contributed by atoms with Crippen molar-refractivity contribution in [1.82, 2.24) is 24.3 Å². The number of rotatable bonds is 9. The number of para-hydroxylation sites is 2. The number of anilines is 1. The number of hydrogen-bond acceptors (Lipinski definition) is 6. The lowest BCUT2D eigenvalue weighted by Gasteiger charge is -2.43. The average Bonchev–Trinajstić information content (AvgIpc) is 3.34. The lowest BCUT2D eigenvalue weighted by atomic mass is 10.0. The Hall–Kier alpha value is -2.71. The van der Waals surface area contributed by atoms with E-state index >= 15 is 0 Å². The number of urea groups is 1. The van der Waals surface area contributed by atoms with Crippen molar-refractivity contribution < 1.29 is 14.1 Å². The van der Waals surface area contributed by atoms with Gasteiger partial charge >= 0.3 is 11.7 Å². The number of nitrogens with zero attached hydrogens (tertiary/aromatic N) is 5. The fourth-order valence-corrected chi connectivity index (χ4v) is 8.00. The molecule has 0 saturated carbocycles.